The third kappa shape index (κ3) is 4.06. The number of nitrogens with zero attached hydrogens (tertiary/aromatic N) is 1. The second kappa shape index (κ2) is 7.40. The number of aryl methyl sites for hydroxylation is 1. The van der Waals surface area contributed by atoms with E-state index in [1.807, 2.05) is 6.92 Å². The van der Waals surface area contributed by atoms with Crippen molar-refractivity contribution in [2.45, 2.75) is 6.92 Å². The van der Waals surface area contributed by atoms with Gasteiger partial charge in [-0.15, -0.1) is 0 Å². The van der Waals surface area contributed by atoms with Crippen molar-refractivity contribution >= 4 is 11.8 Å². The van der Waals surface area contributed by atoms with Gasteiger partial charge in [0.05, 0.1) is 19.8 Å². The van der Waals surface area contributed by atoms with Crippen LogP contribution in [0, 0.1) is 6.92 Å². The minimum absolute atomic E-state index is 0.302. The number of carbonyl (C=O) groups excluding carboxylic acids is 2. The Kier molecular flexibility index (Phi) is 5.30. The average Bonchev–Trinajstić information content (AvgIpc) is 2.59. The van der Waals surface area contributed by atoms with Crippen LogP contribution < -0.4 is 9.47 Å². The van der Waals surface area contributed by atoms with Gasteiger partial charge in [0.25, 0.3) is 0 Å². The molecule has 120 valence electrons. The molecule has 0 amide bonds. The number of hydrogen-bond acceptors (Lipinski definition) is 6. The van der Waals surface area contributed by atoms with Gasteiger partial charge in [-0.05, 0) is 37.3 Å². The smallest absolute Gasteiger partial charge is 0.340 e. The Hall–Kier alpha value is -2.89. The summed E-state index contributed by atoms with van der Waals surface area (Å²) >= 11 is 0. The number of benzene rings is 1. The Morgan fingerprint density at radius 2 is 1.70 bits per heavy atom. The molecule has 0 bridgehead atoms. The van der Waals surface area contributed by atoms with E-state index in [0.717, 1.165) is 5.69 Å². The molecule has 0 aliphatic rings. The first-order chi connectivity index (χ1) is 11.0. The minimum atomic E-state index is -0.591. The van der Waals surface area contributed by atoms with E-state index in [2.05, 4.69) is 4.98 Å². The van der Waals surface area contributed by atoms with Crippen molar-refractivity contribution in [3.63, 3.8) is 0 Å². The van der Waals surface area contributed by atoms with Crippen molar-refractivity contribution in [2.24, 2.45) is 0 Å². The fraction of sp³-hybridized carbons (Fsp3) is 0.235. The monoisotopic (exact) mass is 315 g/mol. The third-order valence-electron chi connectivity index (χ3n) is 3.19. The van der Waals surface area contributed by atoms with Crippen molar-refractivity contribution in [2.75, 3.05) is 20.8 Å². The van der Waals surface area contributed by atoms with Gasteiger partial charge >= 0.3 is 5.97 Å². The Labute approximate surface area is 134 Å². The van der Waals surface area contributed by atoms with Crippen molar-refractivity contribution < 1.29 is 23.8 Å². The maximum Gasteiger partial charge on any atom is 0.340 e. The molecule has 0 saturated carbocycles. The lowest BCUT2D eigenvalue weighted by molar-refractivity contribution is 0.0474. The molecule has 0 aliphatic heterocycles. The molecule has 2 aromatic rings. The van der Waals surface area contributed by atoms with Crippen LogP contribution in [0.15, 0.2) is 36.5 Å². The summed E-state index contributed by atoms with van der Waals surface area (Å²) in [5.41, 5.74) is 1.47. The minimum Gasteiger partial charge on any atom is -0.493 e. The fourth-order valence-electron chi connectivity index (χ4n) is 1.90. The van der Waals surface area contributed by atoms with E-state index in [1.54, 1.807) is 30.3 Å². The molecule has 1 heterocycles. The lowest BCUT2D eigenvalue weighted by atomic mass is 10.1. The summed E-state index contributed by atoms with van der Waals surface area (Å²) in [4.78, 5) is 28.0. The van der Waals surface area contributed by atoms with Gasteiger partial charge in [-0.25, -0.2) is 4.79 Å². The first-order valence-electron chi connectivity index (χ1n) is 6.90. The Morgan fingerprint density at radius 3 is 2.30 bits per heavy atom. The molecule has 0 unspecified atom stereocenters. The second-order valence-electron chi connectivity index (χ2n) is 4.76. The molecular weight excluding hydrogens is 298 g/mol. The highest BCUT2D eigenvalue weighted by molar-refractivity contribution is 5.99. The highest BCUT2D eigenvalue weighted by atomic mass is 16.5. The van der Waals surface area contributed by atoms with Gasteiger partial charge in [-0.3, -0.25) is 9.78 Å². The van der Waals surface area contributed by atoms with Crippen LogP contribution in [0.1, 0.15) is 26.4 Å². The van der Waals surface area contributed by atoms with Crippen LogP contribution in [-0.2, 0) is 4.74 Å². The third-order valence-corrected chi connectivity index (χ3v) is 3.19. The van der Waals surface area contributed by atoms with Gasteiger partial charge in [0.1, 0.15) is 0 Å². The van der Waals surface area contributed by atoms with Crippen LogP contribution in [0.25, 0.3) is 0 Å². The number of carbonyl (C=O) groups is 2. The molecule has 1 aromatic heterocycles. The van der Waals surface area contributed by atoms with Crippen LogP contribution in [0.3, 0.4) is 0 Å². The summed E-state index contributed by atoms with van der Waals surface area (Å²) in [6, 6.07) is 8.06. The van der Waals surface area contributed by atoms with Crippen LogP contribution in [0.2, 0.25) is 0 Å². The Balaban J connectivity index is 2.02. The standard InChI is InChI=1S/C17H17NO5/c1-11-4-5-13(9-18-11)17(20)23-10-14(19)12-6-7-15(21-2)16(8-12)22-3/h4-9H,10H2,1-3H3. The van der Waals surface area contributed by atoms with Gasteiger partial charge in [-0.2, -0.15) is 0 Å². The lowest BCUT2D eigenvalue weighted by Gasteiger charge is -2.09. The molecule has 1 aromatic carbocycles. The van der Waals surface area contributed by atoms with Crippen LogP contribution >= 0.6 is 0 Å². The predicted octanol–water partition coefficient (Wildman–Crippen LogP) is 2.45. The number of methoxy groups -OCH3 is 2. The van der Waals surface area contributed by atoms with Crippen molar-refractivity contribution in [1.29, 1.82) is 0 Å². The van der Waals surface area contributed by atoms with Gasteiger partial charge < -0.3 is 14.2 Å². The number of Topliss-reactive ketones (excluding diaryl/α,β-unsaturated/α-hetero) is 1. The van der Waals surface area contributed by atoms with Crippen LogP contribution in [-0.4, -0.2) is 37.6 Å². The lowest BCUT2D eigenvalue weighted by Crippen LogP contribution is -2.14. The fourth-order valence-corrected chi connectivity index (χ4v) is 1.90. The second-order valence-corrected chi connectivity index (χ2v) is 4.76. The number of esters is 1. The molecule has 0 radical (unpaired) electrons. The molecule has 0 saturated heterocycles. The summed E-state index contributed by atoms with van der Waals surface area (Å²) in [6.45, 7) is 1.46. The maximum absolute atomic E-state index is 12.1. The zero-order chi connectivity index (χ0) is 16.8. The summed E-state index contributed by atoms with van der Waals surface area (Å²) in [7, 11) is 2.99. The number of aromatic nitrogens is 1. The van der Waals surface area contributed by atoms with E-state index >= 15 is 0 Å². The highest BCUT2D eigenvalue weighted by Gasteiger charge is 2.14. The predicted molar refractivity (Wildman–Crippen MR) is 83.1 cm³/mol. The molecule has 0 atom stereocenters. The largest absolute Gasteiger partial charge is 0.493 e. The number of pyridine rings is 1. The molecule has 0 aliphatic carbocycles. The average molecular weight is 315 g/mol. The van der Waals surface area contributed by atoms with E-state index in [-0.39, 0.29) is 12.4 Å². The molecular formula is C17H17NO5. The van der Waals surface area contributed by atoms with E-state index < -0.39 is 5.97 Å². The molecule has 0 fully saturated rings. The van der Waals surface area contributed by atoms with Gasteiger partial charge in [0.15, 0.2) is 23.9 Å². The topological polar surface area (TPSA) is 74.7 Å². The number of ketones is 1. The number of rotatable bonds is 6. The quantitative estimate of drug-likeness (QED) is 0.602. The number of ether oxygens (including phenoxy) is 3. The normalized spacial score (nSPS) is 10.0. The van der Waals surface area contributed by atoms with Crippen molar-refractivity contribution in [3.8, 4) is 11.5 Å². The van der Waals surface area contributed by atoms with Gasteiger partial charge in [0, 0.05) is 17.5 Å². The number of hydrogen-bond donors (Lipinski definition) is 0. The zero-order valence-electron chi connectivity index (χ0n) is 13.2. The first-order valence-corrected chi connectivity index (χ1v) is 6.90. The highest BCUT2D eigenvalue weighted by Crippen LogP contribution is 2.27. The SMILES string of the molecule is COc1ccc(C(=O)COC(=O)c2ccc(C)nc2)cc1OC. The summed E-state index contributed by atoms with van der Waals surface area (Å²) in [6.07, 6.45) is 1.42. The van der Waals surface area contributed by atoms with Gasteiger partial charge in [0.2, 0.25) is 0 Å². The summed E-state index contributed by atoms with van der Waals surface area (Å²) in [5.74, 6) is 0.0323. The van der Waals surface area contributed by atoms with Crippen LogP contribution in [0.5, 0.6) is 11.5 Å². The van der Waals surface area contributed by atoms with Crippen LogP contribution in [0.4, 0.5) is 0 Å². The molecule has 2 rings (SSSR count). The Morgan fingerprint density at radius 1 is 1.00 bits per heavy atom. The van der Waals surface area contributed by atoms with E-state index in [4.69, 9.17) is 14.2 Å². The summed E-state index contributed by atoms with van der Waals surface area (Å²) in [5, 5.41) is 0. The Bertz CT molecular complexity index is 709. The molecule has 23 heavy (non-hydrogen) atoms. The van der Waals surface area contributed by atoms with E-state index in [1.165, 1.54) is 20.4 Å². The molecule has 6 heteroatoms. The van der Waals surface area contributed by atoms with E-state index in [0.29, 0.717) is 22.6 Å². The first kappa shape index (κ1) is 16.5. The zero-order valence-corrected chi connectivity index (χ0v) is 13.2. The van der Waals surface area contributed by atoms with Gasteiger partial charge in [-0.1, -0.05) is 0 Å². The maximum atomic E-state index is 12.1. The molecule has 0 N–H and O–H groups in total. The molecule has 6 nitrogen and oxygen atoms in total. The van der Waals surface area contributed by atoms with E-state index in [9.17, 15) is 9.59 Å². The molecule has 0 spiro atoms. The summed E-state index contributed by atoms with van der Waals surface area (Å²) < 4.78 is 15.3. The van der Waals surface area contributed by atoms with Crippen molar-refractivity contribution in [1.82, 2.24) is 4.98 Å². The van der Waals surface area contributed by atoms with Crippen molar-refractivity contribution in [3.05, 3.63) is 53.3 Å².